The summed E-state index contributed by atoms with van der Waals surface area (Å²) in [5.41, 5.74) is 26.0. The van der Waals surface area contributed by atoms with E-state index in [1.165, 1.54) is 37.1 Å². The van der Waals surface area contributed by atoms with E-state index in [1.807, 2.05) is 114 Å². The summed E-state index contributed by atoms with van der Waals surface area (Å²) in [5.74, 6) is 0. The summed E-state index contributed by atoms with van der Waals surface area (Å²) in [7, 11) is 7.36. The summed E-state index contributed by atoms with van der Waals surface area (Å²) in [6.45, 7) is 34.4. The van der Waals surface area contributed by atoms with Crippen LogP contribution in [0.25, 0.3) is 12.2 Å². The quantitative estimate of drug-likeness (QED) is 0.0266. The van der Waals surface area contributed by atoms with E-state index in [0.29, 0.717) is 34.9 Å². The molecule has 484 valence electrons. The number of nitrogens with two attached hydrogens (primary N) is 3. The summed E-state index contributed by atoms with van der Waals surface area (Å²) in [6.07, 6.45) is 11.0. The Kier molecular flexibility index (Phi) is 38.6. The Morgan fingerprint density at radius 3 is 1.15 bits per heavy atom. The normalized spacial score (nSPS) is 11.8. The molecule has 0 spiro atoms. The van der Waals surface area contributed by atoms with E-state index in [-0.39, 0.29) is 54.7 Å². The highest BCUT2D eigenvalue weighted by Crippen LogP contribution is 2.29. The van der Waals surface area contributed by atoms with Gasteiger partial charge in [-0.15, -0.1) is 0 Å². The van der Waals surface area contributed by atoms with Gasteiger partial charge in [0, 0.05) is 80.6 Å². The fraction of sp³-hybridized carbons (Fsp3) is 0.406. The second-order valence-electron chi connectivity index (χ2n) is 25.8. The maximum Gasteiger partial charge on any atom is 0.276 e. The number of aldehydes is 1. The van der Waals surface area contributed by atoms with Gasteiger partial charge in [-0.25, -0.2) is 4.21 Å². The summed E-state index contributed by atoms with van der Waals surface area (Å²) >= 11 is 0. The van der Waals surface area contributed by atoms with Crippen molar-refractivity contribution in [1.82, 2.24) is 0 Å². The van der Waals surface area contributed by atoms with E-state index in [0.717, 1.165) is 40.9 Å². The number of para-hydroxylation sites is 6. The molecular weight excluding hydrogens is 1180 g/mol. The minimum atomic E-state index is -1.67. The van der Waals surface area contributed by atoms with Crippen molar-refractivity contribution in [1.29, 1.82) is 0 Å². The van der Waals surface area contributed by atoms with E-state index >= 15 is 0 Å². The van der Waals surface area contributed by atoms with Gasteiger partial charge in [0.2, 0.25) is 9.23 Å². The Hall–Kier alpha value is -7.28. The minimum Gasteiger partial charge on any atom is -0.399 e. The van der Waals surface area contributed by atoms with Crippen molar-refractivity contribution >= 4 is 83.2 Å². The zero-order valence-corrected chi connectivity index (χ0v) is 57.0. The molecule has 0 bridgehead atoms. The Bertz CT molecular complexity index is 3120. The van der Waals surface area contributed by atoms with Crippen molar-refractivity contribution < 1.29 is 34.0 Å². The zero-order valence-electron chi connectivity index (χ0n) is 54.6. The first-order valence-corrected chi connectivity index (χ1v) is 31.3. The molecule has 8 N–H and O–H groups in total. The topological polar surface area (TPSA) is 282 Å². The smallest absolute Gasteiger partial charge is 0.276 e. The van der Waals surface area contributed by atoms with Crippen molar-refractivity contribution in [2.45, 2.75) is 156 Å². The van der Waals surface area contributed by atoms with Gasteiger partial charge in [0.05, 0.1) is 32.5 Å². The third-order valence-electron chi connectivity index (χ3n) is 12.2. The first-order chi connectivity index (χ1) is 40.5. The molecule has 0 aliphatic heterocycles. The van der Waals surface area contributed by atoms with Crippen LogP contribution in [-0.4, -0.2) is 47.7 Å². The number of aliphatic hydroxyl groups is 2. The molecule has 0 aromatic heterocycles. The lowest BCUT2D eigenvalue weighted by atomic mass is 9.85. The number of anilines is 3. The number of nitrogens with zero attached hydrogens (tertiary/aromatic N) is 3. The molecule has 0 saturated heterocycles. The number of nitro benzene ring substituents is 3. The van der Waals surface area contributed by atoms with Crippen LogP contribution in [0.3, 0.4) is 0 Å². The van der Waals surface area contributed by atoms with Gasteiger partial charge in [0.25, 0.3) is 17.1 Å². The van der Waals surface area contributed by atoms with Crippen LogP contribution < -0.4 is 17.2 Å². The van der Waals surface area contributed by atoms with Crippen molar-refractivity contribution in [2.24, 2.45) is 27.1 Å². The van der Waals surface area contributed by atoms with Gasteiger partial charge in [-0.1, -0.05) is 231 Å². The average Bonchev–Trinajstić information content (AvgIpc) is 3.29. The van der Waals surface area contributed by atoms with Gasteiger partial charge in [-0.3, -0.25) is 30.3 Å². The zero-order chi connectivity index (χ0) is 68.2. The monoisotopic (exact) mass is 1270 g/mol. The molecule has 6 aromatic carbocycles. The highest BCUT2D eigenvalue weighted by Gasteiger charge is 2.26. The van der Waals surface area contributed by atoms with Gasteiger partial charge < -0.3 is 32.2 Å². The molecule has 0 heterocycles. The van der Waals surface area contributed by atoms with Crippen LogP contribution in [0, 0.1) is 64.3 Å². The first kappa shape index (κ1) is 82.8. The van der Waals surface area contributed by atoms with Gasteiger partial charge in [0.15, 0.2) is 0 Å². The molecule has 19 heteroatoms. The number of halogens is 2. The number of rotatable bonds is 11. The van der Waals surface area contributed by atoms with Crippen molar-refractivity contribution in [3.05, 3.63) is 221 Å². The molecule has 6 rings (SSSR count). The largest absolute Gasteiger partial charge is 0.399 e. The van der Waals surface area contributed by atoms with Gasteiger partial charge in [-0.2, -0.15) is 0 Å². The molecule has 0 radical (unpaired) electrons. The average molecular weight is 1270 g/mol. The summed E-state index contributed by atoms with van der Waals surface area (Å²) in [6, 6.07) is 43.6. The van der Waals surface area contributed by atoms with Gasteiger partial charge >= 0.3 is 0 Å². The van der Waals surface area contributed by atoms with E-state index in [2.05, 4.69) is 102 Å². The second kappa shape index (κ2) is 41.0. The molecule has 88 heavy (non-hydrogen) atoms. The number of nitro groups is 3. The van der Waals surface area contributed by atoms with E-state index in [1.54, 1.807) is 67.6 Å². The number of hydrogen-bond acceptors (Lipinski definition) is 13. The number of carbonyl (C=O) groups excluding carboxylic acids is 1. The molecule has 16 nitrogen and oxygen atoms in total. The van der Waals surface area contributed by atoms with Crippen LogP contribution >= 0.6 is 21.4 Å². The van der Waals surface area contributed by atoms with Crippen LogP contribution in [0.1, 0.15) is 151 Å². The van der Waals surface area contributed by atoms with E-state index < -0.39 is 20.3 Å². The molecule has 0 saturated carbocycles. The van der Waals surface area contributed by atoms with Gasteiger partial charge in [0.1, 0.15) is 6.29 Å². The third kappa shape index (κ3) is 40.2. The highest BCUT2D eigenvalue weighted by molar-refractivity contribution is 8.26. The lowest BCUT2D eigenvalue weighted by molar-refractivity contribution is -0.385. The maximum atomic E-state index is 10.8. The van der Waals surface area contributed by atoms with E-state index in [9.17, 15) is 40.6 Å². The third-order valence-corrected chi connectivity index (χ3v) is 12.2. The molecule has 0 aliphatic rings. The van der Waals surface area contributed by atoms with Gasteiger partial charge in [-0.05, 0) is 94.7 Å². The van der Waals surface area contributed by atoms with Crippen LogP contribution in [0.15, 0.2) is 158 Å². The predicted molar refractivity (Wildman–Crippen MR) is 371 cm³/mol. The highest BCUT2D eigenvalue weighted by atomic mass is 36.0. The minimum absolute atomic E-state index is 0.0315. The number of aryl methyl sites for hydroxylation is 2. The van der Waals surface area contributed by atoms with Crippen molar-refractivity contribution in [3.63, 3.8) is 0 Å². The summed E-state index contributed by atoms with van der Waals surface area (Å²) < 4.78 is 9.09. The standard InChI is InChI=1S/C12H17NO3.C12H15NO2.C12H19NO.C12H19N.C12H17N.C7H7NO2.C2H4O.Cl2OS/c1-12(2,3)11(14)8-9-6-4-5-7-10(9)13(15)16;1-12(2,3)9-8-10-6-4-5-7-11(10)13(14)15;1-12(2,3)11(14)8-9-6-4-5-7-10(9)13;2*1-12(2,3)9-8-10-6-4-5-7-11(10)13;1-6-4-2-3-5-7(6)8(9)10;1-2-3;1-4(2)3/h4-7,11,14H,8H2,1-3H3;4-9H,1-3H3;4-7,11,14H,8,13H2,1-3H3;4-7H,8-9,13H2,1-3H3;4-9H,13H2,1-3H3;2-5H,1H3;2H,1H3;/b;9-8+;;;9-8+;;;. The molecule has 0 amide bonds. The van der Waals surface area contributed by atoms with Crippen LogP contribution in [0.4, 0.5) is 34.1 Å². The number of aliphatic hydroxyl groups excluding tert-OH is 2. The Balaban J connectivity index is 0. The predicted octanol–water partition coefficient (Wildman–Crippen LogP) is 18.1. The first-order valence-electron chi connectivity index (χ1n) is 28.5. The fourth-order valence-corrected chi connectivity index (χ4v) is 6.79. The number of benzene rings is 6. The second-order valence-corrected chi connectivity index (χ2v) is 28.3. The SMILES string of the molecule is CC(C)(C)/C=C/c1ccccc1N.CC(C)(C)/C=C/c1ccccc1[N+](=O)[O-].CC(C)(C)C(O)Cc1ccccc1N.CC(C)(C)C(O)Cc1ccccc1[N+](=O)[O-].CC(C)(C)CCc1ccccc1N.CC=O.Cc1ccccc1[N+](=O)[O-].O=S(Cl)Cl. The molecule has 0 aliphatic carbocycles. The summed E-state index contributed by atoms with van der Waals surface area (Å²) in [4.78, 5) is 39.4. The van der Waals surface area contributed by atoms with E-state index in [4.69, 9.17) is 26.2 Å². The number of nitrogen functional groups attached to an aromatic ring is 3. The molecule has 6 aromatic rings. The van der Waals surface area contributed by atoms with Crippen LogP contribution in [-0.2, 0) is 33.3 Å². The fourth-order valence-electron chi connectivity index (χ4n) is 6.79. The summed E-state index contributed by atoms with van der Waals surface area (Å²) in [5, 5.41) is 51.6. The Morgan fingerprint density at radius 2 is 0.795 bits per heavy atom. The Labute approximate surface area is 535 Å². The van der Waals surface area contributed by atoms with Crippen LogP contribution in [0.5, 0.6) is 0 Å². The molecule has 2 atom stereocenters. The molecule has 2 unspecified atom stereocenters. The maximum absolute atomic E-state index is 10.8. The van der Waals surface area contributed by atoms with Crippen molar-refractivity contribution in [3.8, 4) is 0 Å². The molecule has 0 fully saturated rings. The number of hydrogen-bond donors (Lipinski definition) is 5. The van der Waals surface area contributed by atoms with Crippen molar-refractivity contribution in [2.75, 3.05) is 17.2 Å². The number of allylic oxidation sites excluding steroid dienone is 2. The van der Waals surface area contributed by atoms with Crippen LogP contribution in [0.2, 0.25) is 0 Å². The Morgan fingerprint density at radius 1 is 0.489 bits per heavy atom. The lowest BCUT2D eigenvalue weighted by Gasteiger charge is -2.26. The number of carbonyl (C=O) groups is 1. The molecular formula is C69H98Cl2N6O10S. The lowest BCUT2D eigenvalue weighted by Crippen LogP contribution is -2.28.